The molecule has 140 valence electrons. The fraction of sp³-hybridized carbons (Fsp3) is 0. The lowest BCUT2D eigenvalue weighted by molar-refractivity contribution is 0.475. The maximum absolute atomic E-state index is 9.62. The normalized spacial score (nSPS) is 10.1. The largest absolute Gasteiger partial charge is 0.506 e. The minimum absolute atomic E-state index is 0.0191. The number of aromatic hydroxyl groups is 1. The number of rotatable bonds is 3. The third-order valence-corrected chi connectivity index (χ3v) is 4.41. The van der Waals surface area contributed by atoms with Crippen LogP contribution in [0.4, 0.5) is 11.6 Å². The van der Waals surface area contributed by atoms with Crippen LogP contribution in [0.25, 0.3) is 11.3 Å². The van der Waals surface area contributed by atoms with Crippen LogP contribution in [0.5, 0.6) is 5.75 Å². The summed E-state index contributed by atoms with van der Waals surface area (Å²) >= 11 is 6.00. The van der Waals surface area contributed by atoms with Crippen LogP contribution < -0.4 is 5.32 Å². The van der Waals surface area contributed by atoms with Crippen LogP contribution in [0.1, 0.15) is 11.3 Å². The standard InChI is InChI=1S/C24H16ClN3O/c25-21-15-19(13-14-23(21)29)26-24-27-20(12-11-17-7-3-1-4-8-17)16-22(28-24)18-9-5-2-6-10-18/h1-10,13-16,29H,(H,26,27,28). The van der Waals surface area contributed by atoms with E-state index < -0.39 is 0 Å². The Morgan fingerprint density at radius 3 is 2.24 bits per heavy atom. The number of phenols is 1. The van der Waals surface area contributed by atoms with E-state index in [-0.39, 0.29) is 10.8 Å². The second kappa shape index (κ2) is 8.47. The molecule has 0 amide bonds. The molecule has 0 saturated heterocycles. The number of halogens is 1. The van der Waals surface area contributed by atoms with Gasteiger partial charge in [0.05, 0.1) is 10.7 Å². The molecule has 4 aromatic rings. The molecule has 1 heterocycles. The monoisotopic (exact) mass is 397 g/mol. The van der Waals surface area contributed by atoms with Gasteiger partial charge in [-0.1, -0.05) is 66.1 Å². The maximum Gasteiger partial charge on any atom is 0.228 e. The molecular weight excluding hydrogens is 382 g/mol. The molecule has 0 fully saturated rings. The Bertz CT molecular complexity index is 1200. The summed E-state index contributed by atoms with van der Waals surface area (Å²) < 4.78 is 0. The Morgan fingerprint density at radius 2 is 1.52 bits per heavy atom. The lowest BCUT2D eigenvalue weighted by Gasteiger charge is -2.09. The Kier molecular flexibility index (Phi) is 5.42. The van der Waals surface area contributed by atoms with Crippen molar-refractivity contribution in [3.05, 3.63) is 101 Å². The van der Waals surface area contributed by atoms with Crippen LogP contribution in [-0.2, 0) is 0 Å². The number of nitrogens with one attached hydrogen (secondary N) is 1. The van der Waals surface area contributed by atoms with Gasteiger partial charge >= 0.3 is 0 Å². The summed E-state index contributed by atoms with van der Waals surface area (Å²) in [6.45, 7) is 0. The highest BCUT2D eigenvalue weighted by Gasteiger charge is 2.07. The molecule has 0 radical (unpaired) electrons. The number of nitrogens with zero attached hydrogens (tertiary/aromatic N) is 2. The molecule has 0 aliphatic heterocycles. The summed E-state index contributed by atoms with van der Waals surface area (Å²) in [5, 5.41) is 13.0. The van der Waals surface area contributed by atoms with Gasteiger partial charge in [-0.3, -0.25) is 0 Å². The molecule has 2 N–H and O–H groups in total. The van der Waals surface area contributed by atoms with Crippen molar-refractivity contribution in [2.24, 2.45) is 0 Å². The predicted molar refractivity (Wildman–Crippen MR) is 116 cm³/mol. The second-order valence-corrected chi connectivity index (χ2v) is 6.64. The van der Waals surface area contributed by atoms with Crippen LogP contribution in [0.3, 0.4) is 0 Å². The first kappa shape index (κ1) is 18.5. The highest BCUT2D eigenvalue weighted by molar-refractivity contribution is 6.32. The van der Waals surface area contributed by atoms with Crippen molar-refractivity contribution < 1.29 is 5.11 Å². The molecular formula is C24H16ClN3O. The summed E-state index contributed by atoms with van der Waals surface area (Å²) in [4.78, 5) is 9.13. The average Bonchev–Trinajstić information content (AvgIpc) is 2.76. The van der Waals surface area contributed by atoms with Gasteiger partial charge in [-0.25, -0.2) is 9.97 Å². The third kappa shape index (κ3) is 4.73. The van der Waals surface area contributed by atoms with E-state index in [1.54, 1.807) is 12.1 Å². The molecule has 0 unspecified atom stereocenters. The van der Waals surface area contributed by atoms with E-state index in [4.69, 9.17) is 11.6 Å². The predicted octanol–water partition coefficient (Wildman–Crippen LogP) is 5.65. The highest BCUT2D eigenvalue weighted by Crippen LogP contribution is 2.28. The zero-order valence-electron chi connectivity index (χ0n) is 15.3. The van der Waals surface area contributed by atoms with Gasteiger partial charge in [0.25, 0.3) is 0 Å². The van der Waals surface area contributed by atoms with Gasteiger partial charge in [0.15, 0.2) is 0 Å². The van der Waals surface area contributed by atoms with Crippen LogP contribution in [-0.4, -0.2) is 15.1 Å². The molecule has 1 aromatic heterocycles. The zero-order valence-corrected chi connectivity index (χ0v) is 16.1. The molecule has 3 aromatic carbocycles. The van der Waals surface area contributed by atoms with Gasteiger partial charge < -0.3 is 10.4 Å². The average molecular weight is 398 g/mol. The first-order valence-electron chi connectivity index (χ1n) is 8.94. The van der Waals surface area contributed by atoms with Crippen LogP contribution >= 0.6 is 11.6 Å². The molecule has 0 aliphatic rings. The Balaban J connectivity index is 1.74. The number of hydrogen-bond acceptors (Lipinski definition) is 4. The van der Waals surface area contributed by atoms with Crippen LogP contribution in [0.15, 0.2) is 84.9 Å². The molecule has 0 saturated carbocycles. The minimum Gasteiger partial charge on any atom is -0.506 e. The van der Waals surface area contributed by atoms with E-state index in [0.717, 1.165) is 16.8 Å². The lowest BCUT2D eigenvalue weighted by Crippen LogP contribution is -2.00. The van der Waals surface area contributed by atoms with Crippen molar-refractivity contribution in [3.8, 4) is 28.8 Å². The molecule has 4 nitrogen and oxygen atoms in total. The van der Waals surface area contributed by atoms with Crippen molar-refractivity contribution in [3.63, 3.8) is 0 Å². The fourth-order valence-electron chi connectivity index (χ4n) is 2.70. The first-order valence-corrected chi connectivity index (χ1v) is 9.32. The Hall–Kier alpha value is -3.81. The molecule has 29 heavy (non-hydrogen) atoms. The second-order valence-electron chi connectivity index (χ2n) is 6.24. The smallest absolute Gasteiger partial charge is 0.228 e. The van der Waals surface area contributed by atoms with Crippen LogP contribution in [0.2, 0.25) is 5.02 Å². The van der Waals surface area contributed by atoms with E-state index in [1.807, 2.05) is 66.7 Å². The topological polar surface area (TPSA) is 58.0 Å². The lowest BCUT2D eigenvalue weighted by atomic mass is 10.1. The van der Waals surface area contributed by atoms with Crippen molar-refractivity contribution in [1.29, 1.82) is 0 Å². The summed E-state index contributed by atoms with van der Waals surface area (Å²) in [6.07, 6.45) is 0. The van der Waals surface area contributed by atoms with Gasteiger partial charge in [-0.15, -0.1) is 0 Å². The van der Waals surface area contributed by atoms with E-state index >= 15 is 0 Å². The van der Waals surface area contributed by atoms with Crippen molar-refractivity contribution in [1.82, 2.24) is 9.97 Å². The summed E-state index contributed by atoms with van der Waals surface area (Å²) in [5.74, 6) is 6.65. The molecule has 5 heteroatoms. The number of phenolic OH excluding ortho intramolecular Hbond substituents is 1. The molecule has 0 aliphatic carbocycles. The van der Waals surface area contributed by atoms with Gasteiger partial charge in [0.2, 0.25) is 5.95 Å². The van der Waals surface area contributed by atoms with Crippen LogP contribution in [0, 0.1) is 11.8 Å². The van der Waals surface area contributed by atoms with Gasteiger partial charge in [0, 0.05) is 16.8 Å². The van der Waals surface area contributed by atoms with Crippen molar-refractivity contribution in [2.45, 2.75) is 0 Å². The minimum atomic E-state index is 0.0191. The van der Waals surface area contributed by atoms with Crippen molar-refractivity contribution >= 4 is 23.2 Å². The first-order chi connectivity index (χ1) is 14.2. The Morgan fingerprint density at radius 1 is 0.793 bits per heavy atom. The van der Waals surface area contributed by atoms with Gasteiger partial charge in [-0.05, 0) is 42.3 Å². The molecule has 0 spiro atoms. The molecule has 0 atom stereocenters. The van der Waals surface area contributed by atoms with E-state index in [0.29, 0.717) is 17.3 Å². The number of aromatic nitrogens is 2. The molecule has 4 rings (SSSR count). The number of benzene rings is 3. The molecule has 0 bridgehead atoms. The van der Waals surface area contributed by atoms with E-state index in [1.165, 1.54) is 6.07 Å². The van der Waals surface area contributed by atoms with E-state index in [2.05, 4.69) is 27.1 Å². The Labute approximate surface area is 173 Å². The summed E-state index contributed by atoms with van der Waals surface area (Å²) in [5.41, 5.74) is 3.89. The maximum atomic E-state index is 9.62. The number of anilines is 2. The highest BCUT2D eigenvalue weighted by atomic mass is 35.5. The van der Waals surface area contributed by atoms with Gasteiger partial charge in [-0.2, -0.15) is 0 Å². The summed E-state index contributed by atoms with van der Waals surface area (Å²) in [7, 11) is 0. The quantitative estimate of drug-likeness (QED) is 0.346. The third-order valence-electron chi connectivity index (χ3n) is 4.11. The number of hydrogen-bond donors (Lipinski definition) is 2. The zero-order chi connectivity index (χ0) is 20.1. The van der Waals surface area contributed by atoms with Crippen molar-refractivity contribution in [2.75, 3.05) is 5.32 Å². The van der Waals surface area contributed by atoms with Gasteiger partial charge in [0.1, 0.15) is 11.4 Å². The SMILES string of the molecule is Oc1ccc(Nc2nc(C#Cc3ccccc3)cc(-c3ccccc3)n2)cc1Cl. The summed E-state index contributed by atoms with van der Waals surface area (Å²) in [6, 6.07) is 26.3. The fourth-order valence-corrected chi connectivity index (χ4v) is 2.88. The van der Waals surface area contributed by atoms with E-state index in [9.17, 15) is 5.11 Å².